The fourth-order valence-electron chi connectivity index (χ4n) is 2.14. The van der Waals surface area contributed by atoms with Gasteiger partial charge in [-0.15, -0.1) is 0 Å². The summed E-state index contributed by atoms with van der Waals surface area (Å²) in [6, 6.07) is 9.86. The Morgan fingerprint density at radius 1 is 1.19 bits per heavy atom. The number of nitriles is 1. The van der Waals surface area contributed by atoms with Crippen LogP contribution in [0.5, 0.6) is 0 Å². The second kappa shape index (κ2) is 4.54. The molecule has 0 bridgehead atoms. The molecule has 0 aliphatic carbocycles. The highest BCUT2D eigenvalue weighted by atomic mass is 16.5. The van der Waals surface area contributed by atoms with Crippen LogP contribution in [-0.4, -0.2) is 25.3 Å². The van der Waals surface area contributed by atoms with E-state index in [9.17, 15) is 0 Å². The zero-order chi connectivity index (χ0) is 11.5. The lowest BCUT2D eigenvalue weighted by atomic mass is 10.1. The number of nitrogens with zero attached hydrogens (tertiary/aromatic N) is 2. The third-order valence-electron chi connectivity index (χ3n) is 2.78. The van der Waals surface area contributed by atoms with E-state index in [1.807, 2.05) is 24.3 Å². The summed E-state index contributed by atoms with van der Waals surface area (Å²) >= 11 is 0. The molecule has 0 amide bonds. The summed E-state index contributed by atoms with van der Waals surface area (Å²) in [5.74, 6) is 0. The fourth-order valence-corrected chi connectivity index (χ4v) is 2.14. The maximum Gasteiger partial charge on any atom is 0.0991 e. The van der Waals surface area contributed by atoms with Gasteiger partial charge in [0.1, 0.15) is 0 Å². The van der Waals surface area contributed by atoms with E-state index in [4.69, 9.17) is 10.00 Å². The SMILES string of the molecule is CC1CN(c2ccc(C#N)cc2)C[C@H](C)O1. The Morgan fingerprint density at radius 2 is 1.75 bits per heavy atom. The summed E-state index contributed by atoms with van der Waals surface area (Å²) < 4.78 is 5.69. The van der Waals surface area contributed by atoms with Crippen LogP contribution >= 0.6 is 0 Å². The van der Waals surface area contributed by atoms with Crippen LogP contribution in [0.2, 0.25) is 0 Å². The van der Waals surface area contributed by atoms with E-state index in [2.05, 4.69) is 24.8 Å². The van der Waals surface area contributed by atoms with E-state index in [1.165, 1.54) is 5.69 Å². The minimum Gasteiger partial charge on any atom is -0.372 e. The molecule has 1 fully saturated rings. The van der Waals surface area contributed by atoms with E-state index < -0.39 is 0 Å². The first-order valence-corrected chi connectivity index (χ1v) is 5.59. The summed E-state index contributed by atoms with van der Waals surface area (Å²) in [6.45, 7) is 6.01. The fraction of sp³-hybridized carbons (Fsp3) is 0.462. The van der Waals surface area contributed by atoms with Crippen molar-refractivity contribution in [3.05, 3.63) is 29.8 Å². The summed E-state index contributed by atoms with van der Waals surface area (Å²) in [5, 5.41) is 8.74. The predicted octanol–water partition coefficient (Wildman–Crippen LogP) is 2.17. The standard InChI is InChI=1S/C13H16N2O/c1-10-8-15(9-11(2)16-10)13-5-3-12(7-14)4-6-13/h3-6,10-11H,8-9H2,1-2H3/t10-,11?/m0/s1. The van der Waals surface area contributed by atoms with Crippen LogP contribution in [0.1, 0.15) is 19.4 Å². The quantitative estimate of drug-likeness (QED) is 0.722. The van der Waals surface area contributed by atoms with Crippen molar-refractivity contribution in [2.75, 3.05) is 18.0 Å². The number of benzene rings is 1. The molecule has 1 aromatic carbocycles. The Hall–Kier alpha value is -1.53. The lowest BCUT2D eigenvalue weighted by Crippen LogP contribution is -2.45. The Labute approximate surface area is 96.2 Å². The molecule has 2 atom stereocenters. The molecule has 16 heavy (non-hydrogen) atoms. The highest BCUT2D eigenvalue weighted by molar-refractivity contribution is 5.50. The number of anilines is 1. The highest BCUT2D eigenvalue weighted by Crippen LogP contribution is 2.20. The molecule has 1 heterocycles. The van der Waals surface area contributed by atoms with Gasteiger partial charge in [-0.1, -0.05) is 0 Å². The summed E-state index contributed by atoms with van der Waals surface area (Å²) in [4.78, 5) is 2.31. The Balaban J connectivity index is 2.14. The van der Waals surface area contributed by atoms with Crippen LogP contribution in [0.25, 0.3) is 0 Å². The van der Waals surface area contributed by atoms with Crippen molar-refractivity contribution in [2.24, 2.45) is 0 Å². The monoisotopic (exact) mass is 216 g/mol. The molecule has 3 heteroatoms. The molecule has 84 valence electrons. The molecular formula is C13H16N2O. The molecule has 0 N–H and O–H groups in total. The smallest absolute Gasteiger partial charge is 0.0991 e. The Morgan fingerprint density at radius 3 is 2.25 bits per heavy atom. The maximum absolute atomic E-state index is 8.74. The Bertz CT molecular complexity index is 383. The molecular weight excluding hydrogens is 200 g/mol. The van der Waals surface area contributed by atoms with Gasteiger partial charge in [0.25, 0.3) is 0 Å². The van der Waals surface area contributed by atoms with Crippen LogP contribution in [-0.2, 0) is 4.74 Å². The van der Waals surface area contributed by atoms with Crippen molar-refractivity contribution >= 4 is 5.69 Å². The van der Waals surface area contributed by atoms with Gasteiger partial charge in [-0.25, -0.2) is 0 Å². The first kappa shape index (κ1) is 11.0. The third-order valence-corrected chi connectivity index (χ3v) is 2.78. The van der Waals surface area contributed by atoms with E-state index >= 15 is 0 Å². The van der Waals surface area contributed by atoms with Gasteiger partial charge in [0.2, 0.25) is 0 Å². The zero-order valence-electron chi connectivity index (χ0n) is 9.68. The second-order valence-corrected chi connectivity index (χ2v) is 4.32. The van der Waals surface area contributed by atoms with Gasteiger partial charge >= 0.3 is 0 Å². The first-order valence-electron chi connectivity index (χ1n) is 5.59. The molecule has 0 saturated carbocycles. The minimum absolute atomic E-state index is 0.263. The zero-order valence-corrected chi connectivity index (χ0v) is 9.68. The van der Waals surface area contributed by atoms with Gasteiger partial charge in [-0.05, 0) is 38.1 Å². The van der Waals surface area contributed by atoms with E-state index in [0.717, 1.165) is 13.1 Å². The molecule has 3 nitrogen and oxygen atoms in total. The third kappa shape index (κ3) is 2.34. The van der Waals surface area contributed by atoms with Crippen molar-refractivity contribution < 1.29 is 4.74 Å². The number of morpholine rings is 1. The maximum atomic E-state index is 8.74. The number of hydrogen-bond acceptors (Lipinski definition) is 3. The average Bonchev–Trinajstić information content (AvgIpc) is 2.28. The predicted molar refractivity (Wildman–Crippen MR) is 63.4 cm³/mol. The molecule has 1 saturated heterocycles. The van der Waals surface area contributed by atoms with Crippen molar-refractivity contribution in [3.8, 4) is 6.07 Å². The van der Waals surface area contributed by atoms with Crippen LogP contribution < -0.4 is 4.90 Å². The van der Waals surface area contributed by atoms with Gasteiger partial charge in [-0.3, -0.25) is 0 Å². The summed E-state index contributed by atoms with van der Waals surface area (Å²) in [5.41, 5.74) is 1.87. The van der Waals surface area contributed by atoms with Crippen LogP contribution in [0.4, 0.5) is 5.69 Å². The van der Waals surface area contributed by atoms with Crippen LogP contribution in [0, 0.1) is 11.3 Å². The normalized spacial score (nSPS) is 25.2. The van der Waals surface area contributed by atoms with Crippen LogP contribution in [0.3, 0.4) is 0 Å². The number of ether oxygens (including phenoxy) is 1. The lowest BCUT2D eigenvalue weighted by Gasteiger charge is -2.36. The van der Waals surface area contributed by atoms with E-state index in [1.54, 1.807) is 0 Å². The molecule has 1 aromatic rings. The van der Waals surface area contributed by atoms with Crippen molar-refractivity contribution in [3.63, 3.8) is 0 Å². The second-order valence-electron chi connectivity index (χ2n) is 4.32. The Kier molecular flexibility index (Phi) is 3.12. The molecule has 1 aliphatic rings. The van der Waals surface area contributed by atoms with Crippen molar-refractivity contribution in [1.29, 1.82) is 5.26 Å². The largest absolute Gasteiger partial charge is 0.372 e. The van der Waals surface area contributed by atoms with Gasteiger partial charge in [0.15, 0.2) is 0 Å². The first-order chi connectivity index (χ1) is 7.69. The van der Waals surface area contributed by atoms with Gasteiger partial charge in [0, 0.05) is 18.8 Å². The molecule has 0 radical (unpaired) electrons. The van der Waals surface area contributed by atoms with Crippen LogP contribution in [0.15, 0.2) is 24.3 Å². The minimum atomic E-state index is 0.263. The number of rotatable bonds is 1. The van der Waals surface area contributed by atoms with Gasteiger partial charge < -0.3 is 9.64 Å². The average molecular weight is 216 g/mol. The molecule has 2 rings (SSSR count). The van der Waals surface area contributed by atoms with Crippen molar-refractivity contribution in [2.45, 2.75) is 26.1 Å². The van der Waals surface area contributed by atoms with Crippen molar-refractivity contribution in [1.82, 2.24) is 0 Å². The molecule has 0 spiro atoms. The number of hydrogen-bond donors (Lipinski definition) is 0. The van der Waals surface area contributed by atoms with E-state index in [-0.39, 0.29) is 12.2 Å². The molecule has 1 unspecified atom stereocenters. The van der Waals surface area contributed by atoms with E-state index in [0.29, 0.717) is 5.56 Å². The van der Waals surface area contributed by atoms with Gasteiger partial charge in [-0.2, -0.15) is 5.26 Å². The van der Waals surface area contributed by atoms with Gasteiger partial charge in [0.05, 0.1) is 23.8 Å². The summed E-state index contributed by atoms with van der Waals surface area (Å²) in [7, 11) is 0. The molecule has 1 aliphatic heterocycles. The topological polar surface area (TPSA) is 36.3 Å². The highest BCUT2D eigenvalue weighted by Gasteiger charge is 2.22. The molecule has 0 aromatic heterocycles. The lowest BCUT2D eigenvalue weighted by molar-refractivity contribution is -0.00521. The summed E-state index contributed by atoms with van der Waals surface area (Å²) in [6.07, 6.45) is 0.527.